The predicted octanol–water partition coefficient (Wildman–Crippen LogP) is 2.40. The number of phenols is 1. The summed E-state index contributed by atoms with van der Waals surface area (Å²) < 4.78 is 47.1. The summed E-state index contributed by atoms with van der Waals surface area (Å²) in [5, 5.41) is 15.3. The lowest BCUT2D eigenvalue weighted by molar-refractivity contribution is -0.153. The molecule has 0 aliphatic heterocycles. The van der Waals surface area contributed by atoms with Crippen molar-refractivity contribution in [1.29, 1.82) is 0 Å². The summed E-state index contributed by atoms with van der Waals surface area (Å²) in [6.45, 7) is 0.287. The predicted molar refractivity (Wildman–Crippen MR) is 74.3 cm³/mol. The first-order chi connectivity index (χ1) is 9.76. The molecule has 0 unspecified atom stereocenters. The van der Waals surface area contributed by atoms with Crippen molar-refractivity contribution in [1.82, 2.24) is 0 Å². The van der Waals surface area contributed by atoms with Crippen LogP contribution < -0.4 is 25.8 Å². The molecular formula is C12H18F3N3O3. The third-order valence-corrected chi connectivity index (χ3v) is 2.59. The van der Waals surface area contributed by atoms with Gasteiger partial charge < -0.3 is 30.9 Å². The van der Waals surface area contributed by atoms with Gasteiger partial charge in [-0.1, -0.05) is 0 Å². The Morgan fingerprint density at radius 3 is 2.10 bits per heavy atom. The van der Waals surface area contributed by atoms with E-state index in [0.29, 0.717) is 0 Å². The quantitative estimate of drug-likeness (QED) is 0.477. The van der Waals surface area contributed by atoms with Gasteiger partial charge in [-0.15, -0.1) is 0 Å². The number of anilines is 3. The van der Waals surface area contributed by atoms with Crippen molar-refractivity contribution < 1.29 is 27.8 Å². The fourth-order valence-electron chi connectivity index (χ4n) is 1.77. The van der Waals surface area contributed by atoms with Gasteiger partial charge in [-0.2, -0.15) is 13.2 Å². The van der Waals surface area contributed by atoms with Crippen LogP contribution in [0.15, 0.2) is 0 Å². The maximum absolute atomic E-state index is 12.3. The molecule has 0 aliphatic rings. The Hall–Kier alpha value is -2.19. The van der Waals surface area contributed by atoms with E-state index in [4.69, 9.17) is 15.2 Å². The molecule has 0 amide bonds. The van der Waals surface area contributed by atoms with Gasteiger partial charge in [-0.05, 0) is 6.92 Å². The van der Waals surface area contributed by atoms with E-state index < -0.39 is 12.8 Å². The number of hydrogen-bond donors (Lipinski definition) is 4. The molecule has 0 bridgehead atoms. The first-order valence-corrected chi connectivity index (χ1v) is 6.13. The highest BCUT2D eigenvalue weighted by Crippen LogP contribution is 2.52. The van der Waals surface area contributed by atoms with Gasteiger partial charge in [-0.25, -0.2) is 0 Å². The van der Waals surface area contributed by atoms with Gasteiger partial charge >= 0.3 is 6.18 Å². The molecule has 1 rings (SSSR count). The Bertz CT molecular complexity index is 507. The number of halogens is 3. The van der Waals surface area contributed by atoms with E-state index >= 15 is 0 Å². The molecule has 120 valence electrons. The molecule has 0 fully saturated rings. The van der Waals surface area contributed by atoms with Crippen LogP contribution in [-0.4, -0.2) is 38.6 Å². The van der Waals surface area contributed by atoms with Crippen molar-refractivity contribution in [3.8, 4) is 17.2 Å². The van der Waals surface area contributed by atoms with Crippen LogP contribution in [0.1, 0.15) is 6.92 Å². The Morgan fingerprint density at radius 1 is 1.10 bits per heavy atom. The second-order valence-electron chi connectivity index (χ2n) is 4.01. The van der Waals surface area contributed by atoms with Crippen LogP contribution in [0.25, 0.3) is 0 Å². The zero-order valence-electron chi connectivity index (χ0n) is 11.9. The van der Waals surface area contributed by atoms with Gasteiger partial charge in [0.25, 0.3) is 0 Å². The number of ether oxygens (including phenoxy) is 2. The lowest BCUT2D eigenvalue weighted by Gasteiger charge is -2.22. The molecule has 5 N–H and O–H groups in total. The molecule has 0 spiro atoms. The molecule has 21 heavy (non-hydrogen) atoms. The topological polar surface area (TPSA) is 88.8 Å². The molecule has 0 atom stereocenters. The maximum atomic E-state index is 12.3. The third-order valence-electron chi connectivity index (χ3n) is 2.59. The molecule has 6 nitrogen and oxygen atoms in total. The molecule has 0 aromatic heterocycles. The van der Waals surface area contributed by atoms with Gasteiger partial charge in [-0.3, -0.25) is 0 Å². The Labute approximate surface area is 120 Å². The summed E-state index contributed by atoms with van der Waals surface area (Å²) >= 11 is 0. The Balaban J connectivity index is 3.42. The normalized spacial score (nSPS) is 11.1. The number of alkyl halides is 3. The van der Waals surface area contributed by atoms with Gasteiger partial charge in [0, 0.05) is 14.1 Å². The monoisotopic (exact) mass is 309 g/mol. The summed E-state index contributed by atoms with van der Waals surface area (Å²) in [6, 6.07) is 0. The summed E-state index contributed by atoms with van der Waals surface area (Å²) in [5.74, 6) is -0.612. The highest BCUT2D eigenvalue weighted by molar-refractivity contribution is 5.91. The summed E-state index contributed by atoms with van der Waals surface area (Å²) in [7, 11) is 2.96. The van der Waals surface area contributed by atoms with Crippen LogP contribution >= 0.6 is 0 Å². The maximum Gasteiger partial charge on any atom is 0.422 e. The summed E-state index contributed by atoms with van der Waals surface area (Å²) in [6.07, 6.45) is -4.52. The minimum atomic E-state index is -4.52. The van der Waals surface area contributed by atoms with Gasteiger partial charge in [0.2, 0.25) is 0 Å². The number of rotatable bonds is 6. The van der Waals surface area contributed by atoms with E-state index in [1.54, 1.807) is 6.92 Å². The van der Waals surface area contributed by atoms with Crippen LogP contribution in [0.2, 0.25) is 0 Å². The van der Waals surface area contributed by atoms with Crippen molar-refractivity contribution in [2.45, 2.75) is 13.1 Å². The van der Waals surface area contributed by atoms with E-state index in [1.165, 1.54) is 14.1 Å². The molecule has 0 aliphatic carbocycles. The second-order valence-corrected chi connectivity index (χ2v) is 4.01. The summed E-state index contributed by atoms with van der Waals surface area (Å²) in [5.41, 5.74) is 5.74. The van der Waals surface area contributed by atoms with Crippen molar-refractivity contribution in [3.63, 3.8) is 0 Å². The van der Waals surface area contributed by atoms with Crippen molar-refractivity contribution in [3.05, 3.63) is 0 Å². The molecular weight excluding hydrogens is 291 g/mol. The standard InChI is InChI=1S/C12H18F3N3O3/c1-4-20-11-8(18-3)9(19)7(17-2)6(16)10(11)21-5-12(13,14)15/h17-19H,4-5,16H2,1-3H3. The minimum absolute atomic E-state index is 0.0555. The number of aromatic hydroxyl groups is 1. The summed E-state index contributed by atoms with van der Waals surface area (Å²) in [4.78, 5) is 0. The lowest BCUT2D eigenvalue weighted by atomic mass is 10.1. The highest BCUT2D eigenvalue weighted by Gasteiger charge is 2.31. The molecule has 0 radical (unpaired) electrons. The second kappa shape index (κ2) is 6.51. The van der Waals surface area contributed by atoms with Gasteiger partial charge in [0.1, 0.15) is 17.1 Å². The van der Waals surface area contributed by atoms with E-state index in [9.17, 15) is 18.3 Å². The third kappa shape index (κ3) is 3.67. The zero-order valence-corrected chi connectivity index (χ0v) is 11.9. The Kier molecular flexibility index (Phi) is 5.23. The number of nitrogen functional groups attached to an aromatic ring is 1. The smallest absolute Gasteiger partial charge is 0.422 e. The van der Waals surface area contributed by atoms with Crippen LogP contribution in [0.3, 0.4) is 0 Å². The molecule has 0 saturated carbocycles. The SMILES string of the molecule is CCOc1c(NC)c(O)c(NC)c(N)c1OCC(F)(F)F. The average Bonchev–Trinajstić information content (AvgIpc) is 2.38. The van der Waals surface area contributed by atoms with Crippen LogP contribution in [0.5, 0.6) is 17.2 Å². The number of nitrogens with one attached hydrogen (secondary N) is 2. The zero-order chi connectivity index (χ0) is 16.2. The molecule has 0 heterocycles. The van der Waals surface area contributed by atoms with E-state index in [0.717, 1.165) is 0 Å². The van der Waals surface area contributed by atoms with Crippen LogP contribution in [0.4, 0.5) is 30.2 Å². The van der Waals surface area contributed by atoms with Gasteiger partial charge in [0.05, 0.1) is 6.61 Å². The minimum Gasteiger partial charge on any atom is -0.504 e. The number of hydrogen-bond acceptors (Lipinski definition) is 6. The van der Waals surface area contributed by atoms with Crippen LogP contribution in [0, 0.1) is 0 Å². The van der Waals surface area contributed by atoms with Crippen molar-refractivity contribution in [2.24, 2.45) is 0 Å². The van der Waals surface area contributed by atoms with Crippen molar-refractivity contribution >= 4 is 17.1 Å². The number of nitrogens with two attached hydrogens (primary N) is 1. The highest BCUT2D eigenvalue weighted by atomic mass is 19.4. The Morgan fingerprint density at radius 2 is 1.67 bits per heavy atom. The fraction of sp³-hybridized carbons (Fsp3) is 0.500. The number of benzene rings is 1. The molecule has 9 heteroatoms. The molecule has 0 saturated heterocycles. The van der Waals surface area contributed by atoms with E-state index in [2.05, 4.69) is 10.6 Å². The lowest BCUT2D eigenvalue weighted by Crippen LogP contribution is -2.20. The van der Waals surface area contributed by atoms with Crippen molar-refractivity contribution in [2.75, 3.05) is 43.7 Å². The fourth-order valence-corrected chi connectivity index (χ4v) is 1.77. The molecule has 1 aromatic rings. The first kappa shape index (κ1) is 16.9. The van der Waals surface area contributed by atoms with Gasteiger partial charge in [0.15, 0.2) is 23.9 Å². The number of phenolic OH excluding ortho intramolecular Hbond substituents is 1. The average molecular weight is 309 g/mol. The first-order valence-electron chi connectivity index (χ1n) is 6.13. The van der Waals surface area contributed by atoms with Crippen LogP contribution in [-0.2, 0) is 0 Å². The largest absolute Gasteiger partial charge is 0.504 e. The molecule has 1 aromatic carbocycles. The van der Waals surface area contributed by atoms with E-state index in [-0.39, 0.29) is 40.9 Å². The van der Waals surface area contributed by atoms with E-state index in [1.807, 2.05) is 0 Å².